The van der Waals surface area contributed by atoms with Gasteiger partial charge in [-0.25, -0.2) is 0 Å². The molecule has 1 aliphatic heterocycles. The second-order valence-electron chi connectivity index (χ2n) is 3.96. The van der Waals surface area contributed by atoms with Gasteiger partial charge in [-0.2, -0.15) is 0 Å². The molecule has 1 heterocycles. The summed E-state index contributed by atoms with van der Waals surface area (Å²) in [5.74, 6) is 0.208. The zero-order chi connectivity index (χ0) is 11.5. The average molecular weight is 237 g/mol. The minimum atomic E-state index is 0.0407. The van der Waals surface area contributed by atoms with Crippen LogP contribution in [0.3, 0.4) is 0 Å². The van der Waals surface area contributed by atoms with Gasteiger partial charge >= 0.3 is 0 Å². The van der Waals surface area contributed by atoms with Crippen molar-refractivity contribution >= 4 is 17.7 Å². The van der Waals surface area contributed by atoms with Crippen LogP contribution in [0.25, 0.3) is 0 Å². The number of rotatable bonds is 3. The fourth-order valence-electron chi connectivity index (χ4n) is 1.78. The SMILES string of the molecule is CN1CC[C@@H](Sc2cccc(CO)c2)C1=O. The van der Waals surface area contributed by atoms with E-state index in [1.165, 1.54) is 0 Å². The summed E-state index contributed by atoms with van der Waals surface area (Å²) in [5.41, 5.74) is 0.892. The minimum Gasteiger partial charge on any atom is -0.392 e. The van der Waals surface area contributed by atoms with Crippen LogP contribution in [0.15, 0.2) is 29.2 Å². The van der Waals surface area contributed by atoms with E-state index in [1.54, 1.807) is 16.7 Å². The zero-order valence-corrected chi connectivity index (χ0v) is 10.0. The molecule has 0 aromatic heterocycles. The van der Waals surface area contributed by atoms with Gasteiger partial charge in [-0.05, 0) is 24.1 Å². The highest BCUT2D eigenvalue weighted by Gasteiger charge is 2.29. The van der Waals surface area contributed by atoms with Crippen molar-refractivity contribution in [3.8, 4) is 0 Å². The molecular weight excluding hydrogens is 222 g/mol. The van der Waals surface area contributed by atoms with Crippen LogP contribution in [-0.4, -0.2) is 34.8 Å². The van der Waals surface area contributed by atoms with Gasteiger partial charge in [0, 0.05) is 18.5 Å². The molecule has 16 heavy (non-hydrogen) atoms. The topological polar surface area (TPSA) is 40.5 Å². The van der Waals surface area contributed by atoms with Crippen molar-refractivity contribution in [2.45, 2.75) is 23.2 Å². The number of carbonyl (C=O) groups is 1. The lowest BCUT2D eigenvalue weighted by atomic mass is 10.2. The molecule has 1 aromatic carbocycles. The number of carbonyl (C=O) groups excluding carboxylic acids is 1. The summed E-state index contributed by atoms with van der Waals surface area (Å²) in [4.78, 5) is 14.5. The molecule has 0 aliphatic carbocycles. The fourth-order valence-corrected chi connectivity index (χ4v) is 2.99. The maximum absolute atomic E-state index is 11.7. The smallest absolute Gasteiger partial charge is 0.235 e. The van der Waals surface area contributed by atoms with E-state index in [1.807, 2.05) is 31.3 Å². The molecule has 0 saturated carbocycles. The van der Waals surface area contributed by atoms with Crippen LogP contribution in [-0.2, 0) is 11.4 Å². The summed E-state index contributed by atoms with van der Waals surface area (Å²) in [6, 6.07) is 7.72. The fraction of sp³-hybridized carbons (Fsp3) is 0.417. The number of aliphatic hydroxyl groups excluding tert-OH is 1. The molecular formula is C12H15NO2S. The average Bonchev–Trinajstić information content (AvgIpc) is 2.61. The quantitative estimate of drug-likeness (QED) is 0.866. The summed E-state index contributed by atoms with van der Waals surface area (Å²) in [7, 11) is 1.84. The Morgan fingerprint density at radius 1 is 1.56 bits per heavy atom. The number of amides is 1. The van der Waals surface area contributed by atoms with Crippen molar-refractivity contribution in [3.05, 3.63) is 29.8 Å². The van der Waals surface area contributed by atoms with Crippen LogP contribution >= 0.6 is 11.8 Å². The van der Waals surface area contributed by atoms with E-state index >= 15 is 0 Å². The van der Waals surface area contributed by atoms with Gasteiger partial charge in [0.1, 0.15) is 0 Å². The van der Waals surface area contributed by atoms with E-state index in [-0.39, 0.29) is 17.8 Å². The number of hydrogen-bond acceptors (Lipinski definition) is 3. The first-order chi connectivity index (χ1) is 7.70. The highest BCUT2D eigenvalue weighted by Crippen LogP contribution is 2.30. The van der Waals surface area contributed by atoms with Crippen molar-refractivity contribution < 1.29 is 9.90 Å². The first-order valence-corrected chi connectivity index (χ1v) is 6.20. The van der Waals surface area contributed by atoms with Crippen molar-refractivity contribution in [2.24, 2.45) is 0 Å². The molecule has 1 amide bonds. The van der Waals surface area contributed by atoms with Crippen LogP contribution in [0.5, 0.6) is 0 Å². The Hall–Kier alpha value is -1.00. The third-order valence-electron chi connectivity index (χ3n) is 2.74. The molecule has 1 atom stereocenters. The predicted octanol–water partition coefficient (Wildman–Crippen LogP) is 1.50. The van der Waals surface area contributed by atoms with Gasteiger partial charge in [0.25, 0.3) is 0 Å². The molecule has 1 N–H and O–H groups in total. The first-order valence-electron chi connectivity index (χ1n) is 5.32. The van der Waals surface area contributed by atoms with E-state index in [0.29, 0.717) is 0 Å². The first kappa shape index (κ1) is 11.5. The van der Waals surface area contributed by atoms with E-state index in [0.717, 1.165) is 23.4 Å². The van der Waals surface area contributed by atoms with E-state index in [4.69, 9.17) is 5.11 Å². The Balaban J connectivity index is 2.06. The van der Waals surface area contributed by atoms with E-state index in [9.17, 15) is 4.79 Å². The summed E-state index contributed by atoms with van der Waals surface area (Å²) in [5, 5.41) is 9.07. The van der Waals surface area contributed by atoms with Gasteiger partial charge in [0.2, 0.25) is 5.91 Å². The summed E-state index contributed by atoms with van der Waals surface area (Å²) >= 11 is 1.59. The Morgan fingerprint density at radius 3 is 3.00 bits per heavy atom. The number of likely N-dealkylation sites (tertiary alicyclic amines) is 1. The number of nitrogens with zero attached hydrogens (tertiary/aromatic N) is 1. The van der Waals surface area contributed by atoms with Gasteiger partial charge < -0.3 is 10.0 Å². The molecule has 86 valence electrons. The molecule has 1 fully saturated rings. The molecule has 0 unspecified atom stereocenters. The van der Waals surface area contributed by atoms with Crippen molar-refractivity contribution in [1.82, 2.24) is 4.90 Å². The van der Waals surface area contributed by atoms with Crippen molar-refractivity contribution in [3.63, 3.8) is 0 Å². The van der Waals surface area contributed by atoms with E-state index in [2.05, 4.69) is 0 Å². The standard InChI is InChI=1S/C12H15NO2S/c1-13-6-5-11(12(13)15)16-10-4-2-3-9(7-10)8-14/h2-4,7,11,14H,5-6,8H2,1H3/t11-/m1/s1. The van der Waals surface area contributed by atoms with Crippen LogP contribution in [0.1, 0.15) is 12.0 Å². The Labute approximate surface area is 99.5 Å². The van der Waals surface area contributed by atoms with Crippen molar-refractivity contribution in [2.75, 3.05) is 13.6 Å². The Bertz CT molecular complexity index is 394. The molecule has 1 aliphatic rings. The predicted molar refractivity (Wildman–Crippen MR) is 64.3 cm³/mol. The largest absolute Gasteiger partial charge is 0.392 e. The second-order valence-corrected chi connectivity index (χ2v) is 5.24. The third kappa shape index (κ3) is 2.39. The molecule has 2 rings (SSSR count). The van der Waals surface area contributed by atoms with Gasteiger partial charge in [0.15, 0.2) is 0 Å². The van der Waals surface area contributed by atoms with Crippen molar-refractivity contribution in [1.29, 1.82) is 0 Å². The van der Waals surface area contributed by atoms with Gasteiger partial charge in [0.05, 0.1) is 11.9 Å². The maximum atomic E-state index is 11.7. The normalized spacial score (nSPS) is 20.5. The minimum absolute atomic E-state index is 0.0407. The maximum Gasteiger partial charge on any atom is 0.235 e. The monoisotopic (exact) mass is 237 g/mol. The molecule has 1 saturated heterocycles. The van der Waals surface area contributed by atoms with Crippen LogP contribution in [0, 0.1) is 0 Å². The highest BCUT2D eigenvalue weighted by molar-refractivity contribution is 8.00. The van der Waals surface area contributed by atoms with Gasteiger partial charge in [-0.1, -0.05) is 12.1 Å². The lowest BCUT2D eigenvalue weighted by Gasteiger charge is -2.10. The van der Waals surface area contributed by atoms with Gasteiger partial charge in [-0.3, -0.25) is 4.79 Å². The number of thioether (sulfide) groups is 1. The van der Waals surface area contributed by atoms with Crippen LogP contribution in [0.2, 0.25) is 0 Å². The molecule has 3 nitrogen and oxygen atoms in total. The second kappa shape index (κ2) is 4.89. The number of hydrogen-bond donors (Lipinski definition) is 1. The Morgan fingerprint density at radius 2 is 2.38 bits per heavy atom. The molecule has 0 bridgehead atoms. The summed E-state index contributed by atoms with van der Waals surface area (Å²) in [6.45, 7) is 0.892. The lowest BCUT2D eigenvalue weighted by molar-refractivity contribution is -0.126. The molecule has 1 aromatic rings. The molecule has 4 heteroatoms. The highest BCUT2D eigenvalue weighted by atomic mass is 32.2. The third-order valence-corrected chi connectivity index (χ3v) is 3.99. The Kier molecular flexibility index (Phi) is 3.51. The lowest BCUT2D eigenvalue weighted by Crippen LogP contribution is -2.23. The number of aliphatic hydroxyl groups is 1. The molecule has 0 spiro atoms. The van der Waals surface area contributed by atoms with Crippen LogP contribution < -0.4 is 0 Å². The summed E-state index contributed by atoms with van der Waals surface area (Å²) in [6.07, 6.45) is 0.906. The molecule has 0 radical (unpaired) electrons. The van der Waals surface area contributed by atoms with E-state index < -0.39 is 0 Å². The van der Waals surface area contributed by atoms with Gasteiger partial charge in [-0.15, -0.1) is 11.8 Å². The zero-order valence-electron chi connectivity index (χ0n) is 9.22. The number of benzene rings is 1. The van der Waals surface area contributed by atoms with Crippen LogP contribution in [0.4, 0.5) is 0 Å². The summed E-state index contributed by atoms with van der Waals surface area (Å²) < 4.78 is 0.